The van der Waals surface area contributed by atoms with Gasteiger partial charge in [0.2, 0.25) is 0 Å². The van der Waals surface area contributed by atoms with Crippen LogP contribution in [0.2, 0.25) is 0 Å². The molecular formula is C18H20FN3O3. The Kier molecular flexibility index (Phi) is 4.83. The Morgan fingerprint density at radius 2 is 2.00 bits per heavy atom. The number of likely N-dealkylation sites (tertiary alicyclic amines) is 1. The third-order valence-electron chi connectivity index (χ3n) is 4.45. The molecule has 1 saturated heterocycles. The van der Waals surface area contributed by atoms with Crippen LogP contribution in [-0.4, -0.2) is 40.3 Å². The second kappa shape index (κ2) is 7.04. The zero-order chi connectivity index (χ0) is 18.0. The number of carbonyl (C=O) groups is 1. The highest BCUT2D eigenvalue weighted by Gasteiger charge is 2.28. The molecule has 2 heterocycles. The molecule has 0 N–H and O–H groups in total. The van der Waals surface area contributed by atoms with Crippen LogP contribution >= 0.6 is 0 Å². The number of carbonyl (C=O) groups excluding carboxylic acids is 1. The molecule has 2 aromatic rings. The van der Waals surface area contributed by atoms with E-state index in [1.807, 2.05) is 6.92 Å². The highest BCUT2D eigenvalue weighted by Crippen LogP contribution is 2.22. The van der Waals surface area contributed by atoms with Gasteiger partial charge in [-0.2, -0.15) is 9.78 Å². The molecule has 7 heteroatoms. The molecule has 132 valence electrons. The van der Waals surface area contributed by atoms with Gasteiger partial charge in [-0.1, -0.05) is 0 Å². The molecule has 0 aliphatic carbocycles. The van der Waals surface area contributed by atoms with E-state index in [1.165, 1.54) is 37.4 Å². The Hall–Kier alpha value is -2.70. The Bertz CT molecular complexity index is 832. The molecule has 1 amide bonds. The summed E-state index contributed by atoms with van der Waals surface area (Å²) in [5.74, 6) is -0.533. The minimum Gasteiger partial charge on any atom is -0.494 e. The standard InChI is InChI=1S/C18H20FN3O3/c1-12-5-3-4-10-21(12)18(24)17-15(25-2)11-16(23)22(20-17)14-8-6-13(19)7-9-14/h6-9,11-12H,3-5,10H2,1-2H3/t12-/m0/s1. The first kappa shape index (κ1) is 17.1. The van der Waals surface area contributed by atoms with Crippen LogP contribution in [0.4, 0.5) is 4.39 Å². The predicted molar refractivity (Wildman–Crippen MR) is 90.7 cm³/mol. The highest BCUT2D eigenvalue weighted by molar-refractivity contribution is 5.95. The Morgan fingerprint density at radius 3 is 2.64 bits per heavy atom. The van der Waals surface area contributed by atoms with E-state index in [1.54, 1.807) is 4.90 Å². The maximum absolute atomic E-state index is 13.1. The molecule has 0 spiro atoms. The van der Waals surface area contributed by atoms with E-state index in [0.717, 1.165) is 23.9 Å². The number of methoxy groups -OCH3 is 1. The fourth-order valence-electron chi connectivity index (χ4n) is 3.05. The predicted octanol–water partition coefficient (Wildman–Crippen LogP) is 2.39. The summed E-state index contributed by atoms with van der Waals surface area (Å²) in [5, 5.41) is 4.22. The number of halogens is 1. The van der Waals surface area contributed by atoms with Crippen molar-refractivity contribution in [2.75, 3.05) is 13.7 Å². The molecule has 0 unspecified atom stereocenters. The fourth-order valence-corrected chi connectivity index (χ4v) is 3.05. The third-order valence-corrected chi connectivity index (χ3v) is 4.45. The summed E-state index contributed by atoms with van der Waals surface area (Å²) in [4.78, 5) is 27.0. The van der Waals surface area contributed by atoms with Gasteiger partial charge in [-0.05, 0) is 50.5 Å². The summed E-state index contributed by atoms with van der Waals surface area (Å²) in [5.41, 5.74) is 0.0154. The number of hydrogen-bond donors (Lipinski definition) is 0. The van der Waals surface area contributed by atoms with E-state index in [2.05, 4.69) is 5.10 Å². The molecule has 0 saturated carbocycles. The lowest BCUT2D eigenvalue weighted by Gasteiger charge is -2.33. The van der Waals surface area contributed by atoms with E-state index in [-0.39, 0.29) is 23.4 Å². The van der Waals surface area contributed by atoms with Crippen molar-refractivity contribution in [3.05, 3.63) is 52.2 Å². The van der Waals surface area contributed by atoms with Crippen LogP contribution < -0.4 is 10.3 Å². The lowest BCUT2D eigenvalue weighted by molar-refractivity contribution is 0.0623. The summed E-state index contributed by atoms with van der Waals surface area (Å²) in [6.45, 7) is 2.65. The molecule has 1 fully saturated rings. The van der Waals surface area contributed by atoms with Gasteiger partial charge in [0.25, 0.3) is 11.5 Å². The van der Waals surface area contributed by atoms with Gasteiger partial charge in [-0.25, -0.2) is 4.39 Å². The first-order valence-corrected chi connectivity index (χ1v) is 8.26. The van der Waals surface area contributed by atoms with Crippen LogP contribution in [0.1, 0.15) is 36.7 Å². The Balaban J connectivity index is 2.06. The van der Waals surface area contributed by atoms with E-state index in [4.69, 9.17) is 4.74 Å². The van der Waals surface area contributed by atoms with E-state index < -0.39 is 11.4 Å². The van der Waals surface area contributed by atoms with Crippen molar-refractivity contribution in [3.63, 3.8) is 0 Å². The summed E-state index contributed by atoms with van der Waals surface area (Å²) in [7, 11) is 1.40. The molecule has 0 bridgehead atoms. The van der Waals surface area contributed by atoms with Crippen molar-refractivity contribution in [2.45, 2.75) is 32.2 Å². The third kappa shape index (κ3) is 3.40. The molecule has 6 nitrogen and oxygen atoms in total. The minimum atomic E-state index is -0.452. The SMILES string of the molecule is COc1cc(=O)n(-c2ccc(F)cc2)nc1C(=O)N1CCCC[C@@H]1C. The number of ether oxygens (including phenoxy) is 1. The number of rotatable bonds is 3. The molecule has 1 atom stereocenters. The largest absolute Gasteiger partial charge is 0.494 e. The summed E-state index contributed by atoms with van der Waals surface area (Å²) >= 11 is 0. The first-order valence-electron chi connectivity index (χ1n) is 8.26. The molecule has 1 aromatic carbocycles. The topological polar surface area (TPSA) is 64.4 Å². The number of piperidine rings is 1. The van der Waals surface area contributed by atoms with E-state index in [9.17, 15) is 14.0 Å². The van der Waals surface area contributed by atoms with Gasteiger partial charge in [0.05, 0.1) is 18.9 Å². The summed E-state index contributed by atoms with van der Waals surface area (Å²) < 4.78 is 19.4. The van der Waals surface area contributed by atoms with Crippen LogP contribution in [0.3, 0.4) is 0 Å². The fraction of sp³-hybridized carbons (Fsp3) is 0.389. The summed E-state index contributed by atoms with van der Waals surface area (Å²) in [6, 6.07) is 6.70. The van der Waals surface area contributed by atoms with Crippen LogP contribution in [0.5, 0.6) is 5.75 Å². The minimum absolute atomic E-state index is 0.0835. The maximum atomic E-state index is 13.1. The summed E-state index contributed by atoms with van der Waals surface area (Å²) in [6.07, 6.45) is 2.96. The first-order chi connectivity index (χ1) is 12.0. The molecule has 1 aliphatic heterocycles. The van der Waals surface area contributed by atoms with Crippen LogP contribution in [0.15, 0.2) is 35.1 Å². The van der Waals surface area contributed by atoms with Crippen LogP contribution in [0, 0.1) is 5.82 Å². The van der Waals surface area contributed by atoms with Gasteiger partial charge >= 0.3 is 0 Å². The average Bonchev–Trinajstić information content (AvgIpc) is 2.62. The van der Waals surface area contributed by atoms with E-state index in [0.29, 0.717) is 12.2 Å². The molecule has 1 aromatic heterocycles. The van der Waals surface area contributed by atoms with E-state index >= 15 is 0 Å². The molecule has 0 radical (unpaired) electrons. The van der Waals surface area contributed by atoms with Crippen LogP contribution in [-0.2, 0) is 0 Å². The average molecular weight is 345 g/mol. The number of amides is 1. The zero-order valence-corrected chi connectivity index (χ0v) is 14.2. The Morgan fingerprint density at radius 1 is 1.28 bits per heavy atom. The molecule has 3 rings (SSSR count). The van der Waals surface area contributed by atoms with Gasteiger partial charge in [0.1, 0.15) is 5.82 Å². The smallest absolute Gasteiger partial charge is 0.278 e. The Labute approximate surface area is 144 Å². The van der Waals surface area contributed by atoms with Crippen molar-refractivity contribution in [3.8, 4) is 11.4 Å². The van der Waals surface area contributed by atoms with Gasteiger partial charge in [-0.15, -0.1) is 0 Å². The van der Waals surface area contributed by atoms with Crippen molar-refractivity contribution < 1.29 is 13.9 Å². The van der Waals surface area contributed by atoms with Crippen molar-refractivity contribution in [2.24, 2.45) is 0 Å². The number of benzene rings is 1. The van der Waals surface area contributed by atoms with Crippen molar-refractivity contribution >= 4 is 5.91 Å². The van der Waals surface area contributed by atoms with Gasteiger partial charge in [0.15, 0.2) is 11.4 Å². The van der Waals surface area contributed by atoms with Crippen LogP contribution in [0.25, 0.3) is 5.69 Å². The zero-order valence-electron chi connectivity index (χ0n) is 14.2. The number of nitrogens with zero attached hydrogens (tertiary/aromatic N) is 3. The molecular weight excluding hydrogens is 325 g/mol. The molecule has 1 aliphatic rings. The lowest BCUT2D eigenvalue weighted by Crippen LogP contribution is -2.43. The number of hydrogen-bond acceptors (Lipinski definition) is 4. The lowest BCUT2D eigenvalue weighted by atomic mass is 10.0. The molecule has 25 heavy (non-hydrogen) atoms. The monoisotopic (exact) mass is 345 g/mol. The maximum Gasteiger partial charge on any atom is 0.278 e. The highest BCUT2D eigenvalue weighted by atomic mass is 19.1. The second-order valence-electron chi connectivity index (χ2n) is 6.13. The quantitative estimate of drug-likeness (QED) is 0.857. The normalized spacial score (nSPS) is 17.4. The number of aromatic nitrogens is 2. The van der Waals surface area contributed by atoms with Gasteiger partial charge in [0, 0.05) is 12.6 Å². The van der Waals surface area contributed by atoms with Crippen molar-refractivity contribution in [1.82, 2.24) is 14.7 Å². The van der Waals surface area contributed by atoms with Gasteiger partial charge < -0.3 is 9.64 Å². The van der Waals surface area contributed by atoms with Crippen molar-refractivity contribution in [1.29, 1.82) is 0 Å². The van der Waals surface area contributed by atoms with Gasteiger partial charge in [-0.3, -0.25) is 9.59 Å². The second-order valence-corrected chi connectivity index (χ2v) is 6.13.